The predicted octanol–water partition coefficient (Wildman–Crippen LogP) is 0.498. The molecule has 2 N–H and O–H groups in total. The van der Waals surface area contributed by atoms with E-state index in [2.05, 4.69) is 19.9 Å². The van der Waals surface area contributed by atoms with Gasteiger partial charge in [-0.05, 0) is 0 Å². The molecule has 2 heterocycles. The molecule has 2 aromatic rings. The van der Waals surface area contributed by atoms with E-state index in [1.165, 1.54) is 6.20 Å². The summed E-state index contributed by atoms with van der Waals surface area (Å²) < 4.78 is 12.5. The van der Waals surface area contributed by atoms with Gasteiger partial charge in [0.05, 0.1) is 30.9 Å². The van der Waals surface area contributed by atoms with Crippen molar-refractivity contribution in [3.05, 3.63) is 30.1 Å². The van der Waals surface area contributed by atoms with Gasteiger partial charge in [0, 0.05) is 0 Å². The zero-order valence-corrected chi connectivity index (χ0v) is 7.11. The number of rotatable bonds is 2. The van der Waals surface area contributed by atoms with Gasteiger partial charge in [0.15, 0.2) is 17.5 Å². The van der Waals surface area contributed by atoms with E-state index in [-0.39, 0.29) is 6.61 Å². The standard InChI is InChI=1S/C8H7FN4O/c9-5-1-10-7(11-2-5)8-12-3-6(4-14)13-8/h1-3,14H,4H2,(H,12,13). The van der Waals surface area contributed by atoms with Gasteiger partial charge in [-0.15, -0.1) is 0 Å². The third-order valence-electron chi connectivity index (χ3n) is 1.63. The van der Waals surface area contributed by atoms with Crippen molar-refractivity contribution >= 4 is 0 Å². The summed E-state index contributed by atoms with van der Waals surface area (Å²) in [6.07, 6.45) is 3.59. The molecule has 0 saturated carbocycles. The fourth-order valence-corrected chi connectivity index (χ4v) is 0.988. The Labute approximate surface area is 78.7 Å². The summed E-state index contributed by atoms with van der Waals surface area (Å²) in [5.41, 5.74) is 0.563. The summed E-state index contributed by atoms with van der Waals surface area (Å²) in [7, 11) is 0. The van der Waals surface area contributed by atoms with Crippen molar-refractivity contribution in [3.63, 3.8) is 0 Å². The number of halogens is 1. The molecule has 0 fully saturated rings. The van der Waals surface area contributed by atoms with Gasteiger partial charge >= 0.3 is 0 Å². The second-order valence-electron chi connectivity index (χ2n) is 2.64. The highest BCUT2D eigenvalue weighted by Crippen LogP contribution is 2.09. The van der Waals surface area contributed by atoms with E-state index in [0.29, 0.717) is 17.3 Å². The monoisotopic (exact) mass is 194 g/mol. The van der Waals surface area contributed by atoms with E-state index in [4.69, 9.17) is 5.11 Å². The first-order chi connectivity index (χ1) is 6.79. The summed E-state index contributed by atoms with van der Waals surface area (Å²) in [6.45, 7) is -0.131. The third-order valence-corrected chi connectivity index (χ3v) is 1.63. The topological polar surface area (TPSA) is 74.7 Å². The number of hydrogen-bond acceptors (Lipinski definition) is 4. The van der Waals surface area contributed by atoms with Gasteiger partial charge < -0.3 is 10.1 Å². The molecule has 0 amide bonds. The third kappa shape index (κ3) is 1.60. The molecule has 0 aliphatic rings. The number of aromatic amines is 1. The van der Waals surface area contributed by atoms with Gasteiger partial charge in [-0.1, -0.05) is 0 Å². The normalized spacial score (nSPS) is 10.4. The molecule has 72 valence electrons. The molecule has 6 heteroatoms. The van der Waals surface area contributed by atoms with E-state index in [9.17, 15) is 4.39 Å². The number of aromatic nitrogens is 4. The number of aliphatic hydroxyl groups is 1. The van der Waals surface area contributed by atoms with Crippen molar-refractivity contribution in [2.45, 2.75) is 6.61 Å². The van der Waals surface area contributed by atoms with Crippen LogP contribution in [-0.2, 0) is 6.61 Å². The molecule has 2 rings (SSSR count). The Bertz CT molecular complexity index is 425. The number of imidazole rings is 1. The highest BCUT2D eigenvalue weighted by Gasteiger charge is 2.05. The van der Waals surface area contributed by atoms with E-state index in [1.54, 1.807) is 0 Å². The smallest absolute Gasteiger partial charge is 0.195 e. The molecule has 0 bridgehead atoms. The Balaban J connectivity index is 2.34. The molecular weight excluding hydrogens is 187 g/mol. The lowest BCUT2D eigenvalue weighted by molar-refractivity contribution is 0.277. The lowest BCUT2D eigenvalue weighted by Crippen LogP contribution is -1.91. The molecule has 0 aromatic carbocycles. The maximum absolute atomic E-state index is 12.5. The molecular formula is C8H7FN4O. The van der Waals surface area contributed by atoms with Gasteiger partial charge in [-0.3, -0.25) is 0 Å². The molecule has 2 aromatic heterocycles. The minimum atomic E-state index is -0.498. The fourth-order valence-electron chi connectivity index (χ4n) is 0.988. The van der Waals surface area contributed by atoms with Crippen LogP contribution in [0.1, 0.15) is 5.69 Å². The molecule has 0 aliphatic heterocycles. The van der Waals surface area contributed by atoms with Crippen LogP contribution in [0.3, 0.4) is 0 Å². The highest BCUT2D eigenvalue weighted by atomic mass is 19.1. The van der Waals surface area contributed by atoms with Gasteiger partial charge in [0.2, 0.25) is 0 Å². The van der Waals surface area contributed by atoms with E-state index in [0.717, 1.165) is 12.4 Å². The first kappa shape index (κ1) is 8.76. The van der Waals surface area contributed by atoms with E-state index >= 15 is 0 Å². The lowest BCUT2D eigenvalue weighted by atomic mass is 10.5. The van der Waals surface area contributed by atoms with Crippen molar-refractivity contribution in [1.82, 2.24) is 19.9 Å². The van der Waals surface area contributed by atoms with Crippen LogP contribution < -0.4 is 0 Å². The van der Waals surface area contributed by atoms with Crippen LogP contribution >= 0.6 is 0 Å². The predicted molar refractivity (Wildman–Crippen MR) is 45.5 cm³/mol. The minimum absolute atomic E-state index is 0.131. The quantitative estimate of drug-likeness (QED) is 0.729. The molecule has 0 atom stereocenters. The first-order valence-electron chi connectivity index (χ1n) is 3.92. The Morgan fingerprint density at radius 3 is 2.50 bits per heavy atom. The first-order valence-corrected chi connectivity index (χ1v) is 3.92. The Morgan fingerprint density at radius 1 is 1.21 bits per heavy atom. The molecule has 0 radical (unpaired) electrons. The molecule has 0 aliphatic carbocycles. The van der Waals surface area contributed by atoms with E-state index < -0.39 is 5.82 Å². The maximum atomic E-state index is 12.5. The number of hydrogen-bond donors (Lipinski definition) is 2. The number of nitrogens with one attached hydrogen (secondary N) is 1. The van der Waals surface area contributed by atoms with Gasteiger partial charge in [-0.2, -0.15) is 0 Å². The Morgan fingerprint density at radius 2 is 1.93 bits per heavy atom. The van der Waals surface area contributed by atoms with Crippen molar-refractivity contribution in [3.8, 4) is 11.6 Å². The van der Waals surface area contributed by atoms with Crippen molar-refractivity contribution < 1.29 is 9.50 Å². The van der Waals surface area contributed by atoms with Crippen LogP contribution in [0.15, 0.2) is 18.6 Å². The SMILES string of the molecule is OCc1cnc(-c2ncc(F)cn2)[nH]1. The second kappa shape index (κ2) is 3.51. The maximum Gasteiger partial charge on any atom is 0.195 e. The van der Waals surface area contributed by atoms with Gasteiger partial charge in [-0.25, -0.2) is 19.3 Å². The largest absolute Gasteiger partial charge is 0.390 e. The summed E-state index contributed by atoms with van der Waals surface area (Å²) in [6, 6.07) is 0. The number of aliphatic hydroxyl groups excluding tert-OH is 1. The van der Waals surface area contributed by atoms with Gasteiger partial charge in [0.25, 0.3) is 0 Å². The van der Waals surface area contributed by atoms with Crippen LogP contribution in [0.4, 0.5) is 4.39 Å². The number of H-pyrrole nitrogens is 1. The minimum Gasteiger partial charge on any atom is -0.390 e. The van der Waals surface area contributed by atoms with Crippen LogP contribution in [0, 0.1) is 5.82 Å². The second-order valence-corrected chi connectivity index (χ2v) is 2.64. The van der Waals surface area contributed by atoms with Crippen LogP contribution in [0.25, 0.3) is 11.6 Å². The van der Waals surface area contributed by atoms with Gasteiger partial charge in [0.1, 0.15) is 0 Å². The Kier molecular flexibility index (Phi) is 2.19. The molecule has 0 spiro atoms. The molecule has 0 unspecified atom stereocenters. The average molecular weight is 194 g/mol. The zero-order valence-electron chi connectivity index (χ0n) is 7.11. The summed E-state index contributed by atoms with van der Waals surface area (Å²) in [4.78, 5) is 14.2. The average Bonchev–Trinajstić information content (AvgIpc) is 2.67. The fraction of sp³-hybridized carbons (Fsp3) is 0.125. The van der Waals surface area contributed by atoms with E-state index in [1.807, 2.05) is 0 Å². The summed E-state index contributed by atoms with van der Waals surface area (Å²) >= 11 is 0. The van der Waals surface area contributed by atoms with Crippen LogP contribution in [0.5, 0.6) is 0 Å². The molecule has 5 nitrogen and oxygen atoms in total. The zero-order chi connectivity index (χ0) is 9.97. The summed E-state index contributed by atoms with van der Waals surface area (Å²) in [5, 5.41) is 8.77. The number of nitrogens with zero attached hydrogens (tertiary/aromatic N) is 3. The van der Waals surface area contributed by atoms with Crippen molar-refractivity contribution in [1.29, 1.82) is 0 Å². The molecule has 14 heavy (non-hydrogen) atoms. The molecule has 0 saturated heterocycles. The highest BCUT2D eigenvalue weighted by molar-refractivity contribution is 5.42. The van der Waals surface area contributed by atoms with Crippen LogP contribution in [0.2, 0.25) is 0 Å². The lowest BCUT2D eigenvalue weighted by Gasteiger charge is -1.93. The van der Waals surface area contributed by atoms with Crippen LogP contribution in [-0.4, -0.2) is 25.0 Å². The van der Waals surface area contributed by atoms with Crippen molar-refractivity contribution in [2.75, 3.05) is 0 Å². The Hall–Kier alpha value is -1.82. The summed E-state index contributed by atoms with van der Waals surface area (Å²) in [5.74, 6) is 0.211. The van der Waals surface area contributed by atoms with Crippen molar-refractivity contribution in [2.24, 2.45) is 0 Å².